The number of halogens is 1. The summed E-state index contributed by atoms with van der Waals surface area (Å²) in [6, 6.07) is 6.54. The Hall–Kier alpha value is -0.930. The molecule has 0 unspecified atom stereocenters. The summed E-state index contributed by atoms with van der Waals surface area (Å²) in [5, 5.41) is 14.0. The summed E-state index contributed by atoms with van der Waals surface area (Å²) in [6.07, 6.45) is 3.25. The maximum absolute atomic E-state index is 13.7. The van der Waals surface area contributed by atoms with Crippen molar-refractivity contribution in [1.29, 1.82) is 0 Å². The first-order chi connectivity index (χ1) is 8.05. The summed E-state index contributed by atoms with van der Waals surface area (Å²) in [4.78, 5) is 0. The third-order valence-electron chi connectivity index (χ3n) is 4.52. The molecule has 1 aromatic rings. The highest BCUT2D eigenvalue weighted by Crippen LogP contribution is 2.50. The smallest absolute Gasteiger partial charge is 0.129 e. The van der Waals surface area contributed by atoms with Crippen LogP contribution in [0.2, 0.25) is 0 Å². The minimum Gasteiger partial charge on any atom is -0.386 e. The molecule has 2 aliphatic heterocycles. The topological polar surface area (TPSA) is 32.3 Å². The molecule has 2 bridgehead atoms. The molecule has 0 aliphatic carbocycles. The van der Waals surface area contributed by atoms with Crippen molar-refractivity contribution in [3.05, 3.63) is 35.6 Å². The molecule has 0 spiro atoms. The molecule has 3 rings (SSSR count). The number of hydrogen-bond acceptors (Lipinski definition) is 2. The second kappa shape index (κ2) is 3.53. The number of benzene rings is 1. The molecular formula is C14H18FNO. The van der Waals surface area contributed by atoms with Crippen LogP contribution >= 0.6 is 0 Å². The molecule has 1 atom stereocenters. The van der Waals surface area contributed by atoms with E-state index in [-0.39, 0.29) is 16.9 Å². The molecule has 0 aromatic heterocycles. The van der Waals surface area contributed by atoms with Crippen LogP contribution in [0.25, 0.3) is 0 Å². The van der Waals surface area contributed by atoms with Crippen molar-refractivity contribution in [3.8, 4) is 0 Å². The van der Waals surface area contributed by atoms with Gasteiger partial charge < -0.3 is 10.4 Å². The summed E-state index contributed by atoms with van der Waals surface area (Å²) in [5.74, 6) is -0.309. The van der Waals surface area contributed by atoms with Gasteiger partial charge in [0, 0.05) is 16.6 Å². The van der Waals surface area contributed by atoms with Crippen molar-refractivity contribution < 1.29 is 9.50 Å². The van der Waals surface area contributed by atoms with Crippen LogP contribution in [0.1, 0.15) is 44.3 Å². The van der Waals surface area contributed by atoms with E-state index in [9.17, 15) is 9.50 Å². The number of fused-ring (bicyclic) bond motifs is 2. The Balaban J connectivity index is 1.93. The minimum atomic E-state index is -0.743. The third kappa shape index (κ3) is 1.60. The zero-order chi connectivity index (χ0) is 12.1. The van der Waals surface area contributed by atoms with E-state index in [1.165, 1.54) is 6.07 Å². The summed E-state index contributed by atoms with van der Waals surface area (Å²) < 4.78 is 13.7. The molecule has 92 valence electrons. The number of aliphatic hydroxyl groups excluding tert-OH is 1. The molecule has 2 heterocycles. The molecule has 1 aromatic carbocycles. The van der Waals surface area contributed by atoms with Crippen molar-refractivity contribution in [1.82, 2.24) is 5.32 Å². The lowest BCUT2D eigenvalue weighted by molar-refractivity contribution is 0.0706. The average Bonchev–Trinajstić information content (AvgIpc) is 2.83. The Labute approximate surface area is 101 Å². The van der Waals surface area contributed by atoms with Crippen LogP contribution in [0.4, 0.5) is 4.39 Å². The molecule has 2 nitrogen and oxygen atoms in total. The van der Waals surface area contributed by atoms with Crippen LogP contribution in [0.15, 0.2) is 24.3 Å². The number of hydrogen-bond donors (Lipinski definition) is 2. The van der Waals surface area contributed by atoms with Gasteiger partial charge in [-0.05, 0) is 38.7 Å². The Kier molecular flexibility index (Phi) is 2.32. The number of aliphatic hydroxyl groups is 1. The lowest BCUT2D eigenvalue weighted by atomic mass is 9.78. The monoisotopic (exact) mass is 235 g/mol. The van der Waals surface area contributed by atoms with E-state index < -0.39 is 6.10 Å². The number of nitrogens with one attached hydrogen (secondary N) is 1. The van der Waals surface area contributed by atoms with E-state index >= 15 is 0 Å². The first-order valence-electron chi connectivity index (χ1n) is 6.27. The van der Waals surface area contributed by atoms with Crippen molar-refractivity contribution in [2.45, 2.75) is 49.8 Å². The molecule has 2 fully saturated rings. The first-order valence-corrected chi connectivity index (χ1v) is 6.27. The normalized spacial score (nSPS) is 37.4. The van der Waals surface area contributed by atoms with Gasteiger partial charge in [0.25, 0.3) is 0 Å². The zero-order valence-electron chi connectivity index (χ0n) is 10.0. The van der Waals surface area contributed by atoms with Crippen molar-refractivity contribution in [2.24, 2.45) is 0 Å². The van der Waals surface area contributed by atoms with E-state index in [1.807, 2.05) is 0 Å². The van der Waals surface area contributed by atoms with Crippen molar-refractivity contribution in [3.63, 3.8) is 0 Å². The molecule has 2 saturated heterocycles. The van der Waals surface area contributed by atoms with Gasteiger partial charge in [-0.1, -0.05) is 18.2 Å². The Morgan fingerprint density at radius 2 is 1.88 bits per heavy atom. The van der Waals surface area contributed by atoms with Crippen LogP contribution in [-0.4, -0.2) is 16.2 Å². The van der Waals surface area contributed by atoms with Gasteiger partial charge >= 0.3 is 0 Å². The fourth-order valence-electron chi connectivity index (χ4n) is 3.44. The van der Waals surface area contributed by atoms with Gasteiger partial charge in [-0.25, -0.2) is 4.39 Å². The maximum Gasteiger partial charge on any atom is 0.129 e. The Morgan fingerprint density at radius 3 is 2.41 bits per heavy atom. The van der Waals surface area contributed by atoms with Gasteiger partial charge in [-0.2, -0.15) is 0 Å². The Bertz CT molecular complexity index is 438. The van der Waals surface area contributed by atoms with E-state index in [0.29, 0.717) is 5.56 Å². The third-order valence-corrected chi connectivity index (χ3v) is 4.52. The van der Waals surface area contributed by atoms with Crippen molar-refractivity contribution in [2.75, 3.05) is 0 Å². The molecular weight excluding hydrogens is 217 g/mol. The van der Waals surface area contributed by atoms with Gasteiger partial charge in [0.05, 0.1) is 6.10 Å². The summed E-state index contributed by atoms with van der Waals surface area (Å²) in [5.41, 5.74) is 0.259. The SMILES string of the molecule is CC12CCC([C@H](O)c3ccccc3F)(CC1)N2. The largest absolute Gasteiger partial charge is 0.386 e. The highest BCUT2D eigenvalue weighted by Gasteiger charge is 2.55. The molecule has 2 aliphatic rings. The van der Waals surface area contributed by atoms with Gasteiger partial charge in [-0.3, -0.25) is 0 Å². The lowest BCUT2D eigenvalue weighted by Gasteiger charge is -2.32. The van der Waals surface area contributed by atoms with E-state index in [1.54, 1.807) is 18.2 Å². The summed E-state index contributed by atoms with van der Waals surface area (Å²) >= 11 is 0. The average molecular weight is 235 g/mol. The fraction of sp³-hybridized carbons (Fsp3) is 0.571. The second-order valence-electron chi connectivity index (χ2n) is 5.77. The highest BCUT2D eigenvalue weighted by atomic mass is 19.1. The van der Waals surface area contributed by atoms with E-state index in [4.69, 9.17) is 0 Å². The quantitative estimate of drug-likeness (QED) is 0.825. The van der Waals surface area contributed by atoms with Gasteiger partial charge in [-0.15, -0.1) is 0 Å². The van der Waals surface area contributed by atoms with Crippen LogP contribution in [-0.2, 0) is 0 Å². The molecule has 17 heavy (non-hydrogen) atoms. The zero-order valence-corrected chi connectivity index (χ0v) is 10.0. The molecule has 0 saturated carbocycles. The molecule has 3 heteroatoms. The van der Waals surface area contributed by atoms with Crippen LogP contribution in [0.5, 0.6) is 0 Å². The van der Waals surface area contributed by atoms with Gasteiger partial charge in [0.15, 0.2) is 0 Å². The standard InChI is InChI=1S/C14H18FNO/c1-13-6-8-14(16-13,9-7-13)12(17)10-4-2-3-5-11(10)15/h2-5,12,16-17H,6-9H2,1H3/t12-,13?,14?/m1/s1. The molecule has 2 N–H and O–H groups in total. The first kappa shape index (κ1) is 11.2. The van der Waals surface area contributed by atoms with Crippen LogP contribution < -0.4 is 5.32 Å². The predicted molar refractivity (Wildman–Crippen MR) is 64.1 cm³/mol. The maximum atomic E-state index is 13.7. The van der Waals surface area contributed by atoms with Crippen LogP contribution in [0.3, 0.4) is 0 Å². The second-order valence-corrected chi connectivity index (χ2v) is 5.77. The van der Waals surface area contributed by atoms with E-state index in [0.717, 1.165) is 25.7 Å². The van der Waals surface area contributed by atoms with Gasteiger partial charge in [0.1, 0.15) is 5.82 Å². The lowest BCUT2D eigenvalue weighted by Crippen LogP contribution is -2.45. The highest BCUT2D eigenvalue weighted by molar-refractivity contribution is 5.27. The predicted octanol–water partition coefficient (Wildman–Crippen LogP) is 2.53. The minimum absolute atomic E-state index is 0.145. The molecule has 0 radical (unpaired) electrons. The van der Waals surface area contributed by atoms with Gasteiger partial charge in [0.2, 0.25) is 0 Å². The number of rotatable bonds is 2. The summed E-state index contributed by atoms with van der Waals surface area (Å²) in [7, 11) is 0. The van der Waals surface area contributed by atoms with Crippen LogP contribution in [0, 0.1) is 5.82 Å². The van der Waals surface area contributed by atoms with Crippen molar-refractivity contribution >= 4 is 0 Å². The Morgan fingerprint density at radius 1 is 1.24 bits per heavy atom. The van der Waals surface area contributed by atoms with E-state index in [2.05, 4.69) is 12.2 Å². The fourth-order valence-corrected chi connectivity index (χ4v) is 3.44. The summed E-state index contributed by atoms with van der Waals surface area (Å²) in [6.45, 7) is 2.19. The molecule has 0 amide bonds.